The van der Waals surface area contributed by atoms with Gasteiger partial charge in [0.05, 0.1) is 18.7 Å². The average Bonchev–Trinajstić information content (AvgIpc) is 2.89. The normalized spacial score (nSPS) is 19.8. The Balaban J connectivity index is 2.00. The molecular formula is C13H15NO4S. The van der Waals surface area contributed by atoms with Crippen LogP contribution < -0.4 is 0 Å². The number of carbonyl (C=O) groups is 2. The van der Waals surface area contributed by atoms with E-state index in [1.54, 1.807) is 34.9 Å². The van der Waals surface area contributed by atoms with Crippen molar-refractivity contribution in [1.82, 2.24) is 4.90 Å². The van der Waals surface area contributed by atoms with Gasteiger partial charge in [-0.3, -0.25) is 9.59 Å². The zero-order valence-corrected chi connectivity index (χ0v) is 11.1. The van der Waals surface area contributed by atoms with Crippen LogP contribution in [0.2, 0.25) is 0 Å². The van der Waals surface area contributed by atoms with Gasteiger partial charge in [0.25, 0.3) is 0 Å². The molecule has 0 spiro atoms. The molecule has 102 valence electrons. The molecule has 1 unspecified atom stereocenters. The van der Waals surface area contributed by atoms with Crippen LogP contribution in [0.15, 0.2) is 28.9 Å². The van der Waals surface area contributed by atoms with Crippen LogP contribution in [0.5, 0.6) is 0 Å². The van der Waals surface area contributed by atoms with Crippen LogP contribution in [0.25, 0.3) is 6.08 Å². The third-order valence-corrected chi connectivity index (χ3v) is 3.95. The Hall–Kier alpha value is -1.69. The monoisotopic (exact) mass is 281 g/mol. The standard InChI is InChI=1S/C13H15NO4S/c15-12(4-3-11-2-1-6-18-11)14-5-7-19-9-10(14)8-13(16)17/h1-4,6,10H,5,7-9H2,(H,16,17). The predicted octanol–water partition coefficient (Wildman–Crippen LogP) is 1.71. The molecule has 1 aliphatic heterocycles. The van der Waals surface area contributed by atoms with Crippen LogP contribution in [0.3, 0.4) is 0 Å². The minimum atomic E-state index is -0.875. The summed E-state index contributed by atoms with van der Waals surface area (Å²) in [5.74, 6) is 1.08. The Labute approximate surface area is 115 Å². The molecule has 5 nitrogen and oxygen atoms in total. The summed E-state index contributed by atoms with van der Waals surface area (Å²) < 4.78 is 5.11. The summed E-state index contributed by atoms with van der Waals surface area (Å²) in [4.78, 5) is 24.5. The molecule has 1 aliphatic rings. The van der Waals surface area contributed by atoms with Gasteiger partial charge in [0, 0.05) is 24.1 Å². The van der Waals surface area contributed by atoms with Crippen molar-refractivity contribution in [2.75, 3.05) is 18.1 Å². The average molecular weight is 281 g/mol. The van der Waals surface area contributed by atoms with Gasteiger partial charge in [-0.2, -0.15) is 11.8 Å². The van der Waals surface area contributed by atoms with Crippen molar-refractivity contribution in [3.05, 3.63) is 30.2 Å². The number of carboxylic acid groups (broad SMARTS) is 1. The second-order valence-electron chi connectivity index (χ2n) is 4.21. The van der Waals surface area contributed by atoms with Crippen molar-refractivity contribution in [3.8, 4) is 0 Å². The molecule has 0 radical (unpaired) electrons. The Kier molecular flexibility index (Phi) is 4.68. The number of carbonyl (C=O) groups excluding carboxylic acids is 1. The van der Waals surface area contributed by atoms with E-state index in [9.17, 15) is 9.59 Å². The van der Waals surface area contributed by atoms with Gasteiger partial charge in [-0.1, -0.05) is 0 Å². The van der Waals surface area contributed by atoms with E-state index in [1.807, 2.05) is 0 Å². The molecule has 2 heterocycles. The van der Waals surface area contributed by atoms with Crippen molar-refractivity contribution in [2.45, 2.75) is 12.5 Å². The largest absolute Gasteiger partial charge is 0.481 e. The first-order valence-electron chi connectivity index (χ1n) is 5.98. The summed E-state index contributed by atoms with van der Waals surface area (Å²) >= 11 is 1.68. The highest BCUT2D eigenvalue weighted by atomic mass is 32.2. The van der Waals surface area contributed by atoms with Crippen LogP contribution in [0.4, 0.5) is 0 Å². The number of amides is 1. The highest BCUT2D eigenvalue weighted by Gasteiger charge is 2.27. The third kappa shape index (κ3) is 3.89. The van der Waals surface area contributed by atoms with Crippen molar-refractivity contribution >= 4 is 29.7 Å². The summed E-state index contributed by atoms with van der Waals surface area (Å²) in [5.41, 5.74) is 0. The molecule has 1 aromatic heterocycles. The second-order valence-corrected chi connectivity index (χ2v) is 5.36. The fraction of sp³-hybridized carbons (Fsp3) is 0.385. The smallest absolute Gasteiger partial charge is 0.305 e. The number of hydrogen-bond acceptors (Lipinski definition) is 4. The first-order valence-corrected chi connectivity index (χ1v) is 7.14. The molecule has 2 rings (SSSR count). The SMILES string of the molecule is O=C(O)CC1CSCCN1C(=O)C=Cc1ccco1. The Bertz CT molecular complexity index is 469. The Morgan fingerprint density at radius 3 is 3.11 bits per heavy atom. The lowest BCUT2D eigenvalue weighted by Crippen LogP contribution is -2.46. The molecule has 0 bridgehead atoms. The maximum absolute atomic E-state index is 12.1. The number of nitrogens with zero attached hydrogens (tertiary/aromatic N) is 1. The van der Waals surface area contributed by atoms with Gasteiger partial charge >= 0.3 is 5.97 Å². The number of carboxylic acids is 1. The van der Waals surface area contributed by atoms with E-state index in [0.717, 1.165) is 5.75 Å². The van der Waals surface area contributed by atoms with E-state index in [4.69, 9.17) is 9.52 Å². The minimum Gasteiger partial charge on any atom is -0.481 e. The summed E-state index contributed by atoms with van der Waals surface area (Å²) in [6, 6.07) is 3.27. The first kappa shape index (κ1) is 13.7. The van der Waals surface area contributed by atoms with Crippen molar-refractivity contribution in [2.24, 2.45) is 0 Å². The second kappa shape index (κ2) is 6.47. The zero-order valence-electron chi connectivity index (χ0n) is 10.3. The summed E-state index contributed by atoms with van der Waals surface area (Å²) in [5, 5.41) is 8.87. The van der Waals surface area contributed by atoms with Crippen molar-refractivity contribution < 1.29 is 19.1 Å². The van der Waals surface area contributed by atoms with Crippen molar-refractivity contribution in [1.29, 1.82) is 0 Å². The van der Waals surface area contributed by atoms with Crippen LogP contribution in [0.1, 0.15) is 12.2 Å². The van der Waals surface area contributed by atoms with E-state index in [0.29, 0.717) is 18.1 Å². The summed E-state index contributed by atoms with van der Waals surface area (Å²) in [7, 11) is 0. The molecule has 6 heteroatoms. The van der Waals surface area contributed by atoms with E-state index in [1.165, 1.54) is 12.3 Å². The van der Waals surface area contributed by atoms with Crippen molar-refractivity contribution in [3.63, 3.8) is 0 Å². The fourth-order valence-electron chi connectivity index (χ4n) is 1.95. The number of thioether (sulfide) groups is 1. The lowest BCUT2D eigenvalue weighted by atomic mass is 10.2. The van der Waals surface area contributed by atoms with Gasteiger partial charge in [-0.05, 0) is 18.2 Å². The van der Waals surface area contributed by atoms with E-state index < -0.39 is 5.97 Å². The molecule has 0 aromatic carbocycles. The van der Waals surface area contributed by atoms with Crippen LogP contribution in [0, 0.1) is 0 Å². The topological polar surface area (TPSA) is 70.8 Å². The lowest BCUT2D eigenvalue weighted by molar-refractivity contribution is -0.139. The number of rotatable bonds is 4. The number of hydrogen-bond donors (Lipinski definition) is 1. The van der Waals surface area contributed by atoms with Crippen LogP contribution in [-0.2, 0) is 9.59 Å². The predicted molar refractivity (Wildman–Crippen MR) is 72.8 cm³/mol. The number of furan rings is 1. The maximum Gasteiger partial charge on any atom is 0.305 e. The molecule has 1 saturated heterocycles. The van der Waals surface area contributed by atoms with Crippen LogP contribution in [-0.4, -0.2) is 46.0 Å². The van der Waals surface area contributed by atoms with Gasteiger partial charge in [-0.25, -0.2) is 0 Å². The summed E-state index contributed by atoms with van der Waals surface area (Å²) in [6.07, 6.45) is 4.56. The first-order chi connectivity index (χ1) is 9.16. The van der Waals surface area contributed by atoms with Gasteiger partial charge in [-0.15, -0.1) is 0 Å². The highest BCUT2D eigenvalue weighted by molar-refractivity contribution is 7.99. The quantitative estimate of drug-likeness (QED) is 0.851. The van der Waals surface area contributed by atoms with Gasteiger partial charge < -0.3 is 14.4 Å². The van der Waals surface area contributed by atoms with E-state index >= 15 is 0 Å². The summed E-state index contributed by atoms with van der Waals surface area (Å²) in [6.45, 7) is 0.587. The highest BCUT2D eigenvalue weighted by Crippen LogP contribution is 2.19. The van der Waals surface area contributed by atoms with E-state index in [2.05, 4.69) is 0 Å². The molecule has 1 fully saturated rings. The molecule has 0 saturated carbocycles. The lowest BCUT2D eigenvalue weighted by Gasteiger charge is -2.33. The number of aliphatic carboxylic acids is 1. The maximum atomic E-state index is 12.1. The molecule has 0 aliphatic carbocycles. The van der Waals surface area contributed by atoms with Crippen LogP contribution >= 0.6 is 11.8 Å². The molecule has 1 amide bonds. The van der Waals surface area contributed by atoms with E-state index in [-0.39, 0.29) is 18.4 Å². The molecule has 19 heavy (non-hydrogen) atoms. The van der Waals surface area contributed by atoms with Gasteiger partial charge in [0.15, 0.2) is 0 Å². The molecular weight excluding hydrogens is 266 g/mol. The Morgan fingerprint density at radius 2 is 2.42 bits per heavy atom. The van der Waals surface area contributed by atoms with Gasteiger partial charge in [0.1, 0.15) is 5.76 Å². The third-order valence-electron chi connectivity index (χ3n) is 2.85. The Morgan fingerprint density at radius 1 is 1.58 bits per heavy atom. The molecule has 1 atom stereocenters. The molecule has 1 aromatic rings. The minimum absolute atomic E-state index is 0.00662. The fourth-order valence-corrected chi connectivity index (χ4v) is 3.01. The molecule has 1 N–H and O–H groups in total. The van der Waals surface area contributed by atoms with Gasteiger partial charge in [0.2, 0.25) is 5.91 Å². The zero-order chi connectivity index (χ0) is 13.7.